The molecule has 16 heavy (non-hydrogen) atoms. The number of rotatable bonds is 4. The van der Waals surface area contributed by atoms with E-state index in [9.17, 15) is 0 Å². The molecule has 4 atom stereocenters. The van der Waals surface area contributed by atoms with E-state index in [0.29, 0.717) is 0 Å². The Bertz CT molecular complexity index is 227. The van der Waals surface area contributed by atoms with E-state index in [1.54, 1.807) is 0 Å². The van der Waals surface area contributed by atoms with E-state index in [-0.39, 0.29) is 0 Å². The fourth-order valence-corrected chi connectivity index (χ4v) is 3.92. The number of likely N-dealkylation sites (tertiary alicyclic amines) is 1. The van der Waals surface area contributed by atoms with E-state index >= 15 is 0 Å². The lowest BCUT2D eigenvalue weighted by molar-refractivity contribution is 0.148. The van der Waals surface area contributed by atoms with Gasteiger partial charge in [-0.3, -0.25) is 4.90 Å². The second kappa shape index (κ2) is 5.05. The zero-order valence-corrected chi connectivity index (χ0v) is 11.4. The summed E-state index contributed by atoms with van der Waals surface area (Å²) in [5, 5.41) is 3.56. The SMILES string of the molecule is CCC1C2CNCC2CN1C(C)CC(C)C. The molecule has 0 aliphatic carbocycles. The normalized spacial score (nSPS) is 36.9. The summed E-state index contributed by atoms with van der Waals surface area (Å²) in [6, 6.07) is 1.62. The summed E-state index contributed by atoms with van der Waals surface area (Å²) in [5.74, 6) is 2.69. The Balaban J connectivity index is 1.99. The van der Waals surface area contributed by atoms with Crippen molar-refractivity contribution in [2.75, 3.05) is 19.6 Å². The summed E-state index contributed by atoms with van der Waals surface area (Å²) in [6.07, 6.45) is 2.68. The molecule has 0 spiro atoms. The van der Waals surface area contributed by atoms with Gasteiger partial charge in [-0.1, -0.05) is 20.8 Å². The average Bonchev–Trinajstić information content (AvgIpc) is 2.74. The first-order valence-corrected chi connectivity index (χ1v) is 7.10. The van der Waals surface area contributed by atoms with Crippen LogP contribution in [0, 0.1) is 17.8 Å². The van der Waals surface area contributed by atoms with Gasteiger partial charge in [0.05, 0.1) is 0 Å². The van der Waals surface area contributed by atoms with Crippen LogP contribution in [0.1, 0.15) is 40.5 Å². The Morgan fingerprint density at radius 3 is 2.62 bits per heavy atom. The van der Waals surface area contributed by atoms with E-state index in [4.69, 9.17) is 0 Å². The van der Waals surface area contributed by atoms with E-state index < -0.39 is 0 Å². The van der Waals surface area contributed by atoms with Crippen molar-refractivity contribution in [1.82, 2.24) is 10.2 Å². The quantitative estimate of drug-likeness (QED) is 0.788. The maximum atomic E-state index is 3.56. The number of hydrogen-bond acceptors (Lipinski definition) is 2. The minimum Gasteiger partial charge on any atom is -0.316 e. The van der Waals surface area contributed by atoms with Gasteiger partial charge < -0.3 is 5.32 Å². The zero-order valence-electron chi connectivity index (χ0n) is 11.4. The van der Waals surface area contributed by atoms with Crippen LogP contribution in [0.5, 0.6) is 0 Å². The number of hydrogen-bond donors (Lipinski definition) is 1. The molecule has 2 heterocycles. The van der Waals surface area contributed by atoms with E-state index in [1.165, 1.54) is 32.5 Å². The number of nitrogens with zero attached hydrogens (tertiary/aromatic N) is 1. The molecule has 0 amide bonds. The van der Waals surface area contributed by atoms with Gasteiger partial charge in [0, 0.05) is 18.6 Å². The van der Waals surface area contributed by atoms with E-state index in [2.05, 4.69) is 37.9 Å². The maximum Gasteiger partial charge on any atom is 0.0140 e. The standard InChI is InChI=1S/C14H28N2/c1-5-14-13-8-15-7-12(13)9-16(14)11(4)6-10(2)3/h10-15H,5-9H2,1-4H3. The number of fused-ring (bicyclic) bond motifs is 1. The van der Waals surface area contributed by atoms with Crippen molar-refractivity contribution in [3.05, 3.63) is 0 Å². The Morgan fingerprint density at radius 2 is 2.00 bits per heavy atom. The van der Waals surface area contributed by atoms with Crippen molar-refractivity contribution in [2.45, 2.75) is 52.6 Å². The highest BCUT2D eigenvalue weighted by molar-refractivity contribution is 4.99. The minimum absolute atomic E-state index is 0.774. The lowest BCUT2D eigenvalue weighted by Crippen LogP contribution is -2.41. The van der Waals surface area contributed by atoms with Gasteiger partial charge in [0.2, 0.25) is 0 Å². The molecular weight excluding hydrogens is 196 g/mol. The Kier molecular flexibility index (Phi) is 3.91. The lowest BCUT2D eigenvalue weighted by atomic mass is 9.92. The first-order chi connectivity index (χ1) is 7.63. The molecule has 2 heteroatoms. The molecule has 0 radical (unpaired) electrons. The average molecular weight is 224 g/mol. The van der Waals surface area contributed by atoms with Crippen molar-refractivity contribution in [3.63, 3.8) is 0 Å². The van der Waals surface area contributed by atoms with Crippen LogP contribution in [0.15, 0.2) is 0 Å². The van der Waals surface area contributed by atoms with Crippen LogP contribution in [-0.4, -0.2) is 36.6 Å². The maximum absolute atomic E-state index is 3.56. The second-order valence-corrected chi connectivity index (χ2v) is 6.23. The van der Waals surface area contributed by atoms with Crippen LogP contribution in [0.3, 0.4) is 0 Å². The summed E-state index contributed by atoms with van der Waals surface area (Å²) in [7, 11) is 0. The van der Waals surface area contributed by atoms with Gasteiger partial charge >= 0.3 is 0 Å². The molecule has 0 saturated carbocycles. The molecule has 1 N–H and O–H groups in total. The van der Waals surface area contributed by atoms with Crippen molar-refractivity contribution >= 4 is 0 Å². The third-order valence-corrected chi connectivity index (χ3v) is 4.55. The summed E-state index contributed by atoms with van der Waals surface area (Å²) in [4.78, 5) is 2.80. The smallest absolute Gasteiger partial charge is 0.0140 e. The molecule has 4 unspecified atom stereocenters. The molecule has 94 valence electrons. The first kappa shape index (κ1) is 12.4. The van der Waals surface area contributed by atoms with Crippen LogP contribution in [0.2, 0.25) is 0 Å². The molecule has 2 rings (SSSR count). The molecule has 0 aromatic heterocycles. The van der Waals surface area contributed by atoms with Crippen LogP contribution in [0.25, 0.3) is 0 Å². The summed E-state index contributed by atoms with van der Waals surface area (Å²) >= 11 is 0. The Hall–Kier alpha value is -0.0800. The third kappa shape index (κ3) is 2.28. The molecule has 0 aromatic rings. The highest BCUT2D eigenvalue weighted by atomic mass is 15.2. The van der Waals surface area contributed by atoms with Crippen LogP contribution in [0.4, 0.5) is 0 Å². The van der Waals surface area contributed by atoms with Gasteiger partial charge in [-0.05, 0) is 50.6 Å². The molecular formula is C14H28N2. The monoisotopic (exact) mass is 224 g/mol. The van der Waals surface area contributed by atoms with Crippen LogP contribution >= 0.6 is 0 Å². The zero-order chi connectivity index (χ0) is 11.7. The van der Waals surface area contributed by atoms with Gasteiger partial charge in [0.15, 0.2) is 0 Å². The van der Waals surface area contributed by atoms with Crippen molar-refractivity contribution in [1.29, 1.82) is 0 Å². The molecule has 2 nitrogen and oxygen atoms in total. The highest BCUT2D eigenvalue weighted by Gasteiger charge is 2.44. The summed E-state index contributed by atoms with van der Waals surface area (Å²) in [5.41, 5.74) is 0. The molecule has 2 aliphatic rings. The van der Waals surface area contributed by atoms with E-state index in [0.717, 1.165) is 29.8 Å². The van der Waals surface area contributed by atoms with Gasteiger partial charge in [0.1, 0.15) is 0 Å². The number of nitrogens with one attached hydrogen (secondary N) is 1. The van der Waals surface area contributed by atoms with Crippen molar-refractivity contribution in [3.8, 4) is 0 Å². The molecule has 2 aliphatic heterocycles. The van der Waals surface area contributed by atoms with Crippen LogP contribution < -0.4 is 5.32 Å². The van der Waals surface area contributed by atoms with Crippen molar-refractivity contribution < 1.29 is 0 Å². The topological polar surface area (TPSA) is 15.3 Å². The molecule has 2 fully saturated rings. The fourth-order valence-electron chi connectivity index (χ4n) is 3.92. The molecule has 0 bridgehead atoms. The predicted octanol–water partition coefficient (Wildman–Crippen LogP) is 2.35. The predicted molar refractivity (Wildman–Crippen MR) is 69.6 cm³/mol. The fraction of sp³-hybridized carbons (Fsp3) is 1.00. The van der Waals surface area contributed by atoms with Gasteiger partial charge in [-0.25, -0.2) is 0 Å². The van der Waals surface area contributed by atoms with Gasteiger partial charge in [0.25, 0.3) is 0 Å². The summed E-state index contributed by atoms with van der Waals surface area (Å²) in [6.45, 7) is 13.3. The van der Waals surface area contributed by atoms with Gasteiger partial charge in [-0.2, -0.15) is 0 Å². The third-order valence-electron chi connectivity index (χ3n) is 4.55. The van der Waals surface area contributed by atoms with Gasteiger partial charge in [-0.15, -0.1) is 0 Å². The summed E-state index contributed by atoms with van der Waals surface area (Å²) < 4.78 is 0. The molecule has 2 saturated heterocycles. The Labute approximate surface area is 101 Å². The Morgan fingerprint density at radius 1 is 1.25 bits per heavy atom. The largest absolute Gasteiger partial charge is 0.316 e. The minimum atomic E-state index is 0.774. The van der Waals surface area contributed by atoms with E-state index in [1.807, 2.05) is 0 Å². The highest BCUT2D eigenvalue weighted by Crippen LogP contribution is 2.36. The second-order valence-electron chi connectivity index (χ2n) is 6.23. The lowest BCUT2D eigenvalue weighted by Gasteiger charge is -2.33. The van der Waals surface area contributed by atoms with Crippen molar-refractivity contribution in [2.24, 2.45) is 17.8 Å². The molecule has 0 aromatic carbocycles. The first-order valence-electron chi connectivity index (χ1n) is 7.10. The van der Waals surface area contributed by atoms with Crippen LogP contribution in [-0.2, 0) is 0 Å².